The fraction of sp³-hybridized carbons (Fsp3) is 0. The maximum Gasteiger partial charge on any atom is 0.278 e. The first-order chi connectivity index (χ1) is 17.0. The second kappa shape index (κ2) is 9.44. The van der Waals surface area contributed by atoms with Crippen molar-refractivity contribution in [3.8, 4) is 28.3 Å². The van der Waals surface area contributed by atoms with Crippen LogP contribution in [-0.4, -0.2) is 25.2 Å². The third kappa shape index (κ3) is 4.27. The van der Waals surface area contributed by atoms with Gasteiger partial charge in [-0.15, -0.1) is 0 Å². The highest BCUT2D eigenvalue weighted by Gasteiger charge is 2.30. The molecular formula is C27H17BrN4O3. The number of benzene rings is 3. The maximum absolute atomic E-state index is 13.9. The van der Waals surface area contributed by atoms with Gasteiger partial charge >= 0.3 is 0 Å². The van der Waals surface area contributed by atoms with E-state index in [4.69, 9.17) is 4.98 Å². The Bertz CT molecular complexity index is 1530. The van der Waals surface area contributed by atoms with Crippen LogP contribution in [0.5, 0.6) is 0 Å². The second-order valence-electron chi connectivity index (χ2n) is 7.63. The van der Waals surface area contributed by atoms with E-state index in [0.717, 1.165) is 10.0 Å². The summed E-state index contributed by atoms with van der Waals surface area (Å²) in [7, 11) is 0. The number of nitro benzene ring substituents is 1. The van der Waals surface area contributed by atoms with Gasteiger partial charge in [0.05, 0.1) is 10.5 Å². The Balaban J connectivity index is 1.89. The van der Waals surface area contributed by atoms with Crippen molar-refractivity contribution >= 4 is 27.4 Å². The van der Waals surface area contributed by atoms with Crippen molar-refractivity contribution in [1.82, 2.24) is 14.5 Å². The molecule has 0 unspecified atom stereocenters. The lowest BCUT2D eigenvalue weighted by Gasteiger charge is -2.12. The van der Waals surface area contributed by atoms with Gasteiger partial charge in [0.15, 0.2) is 0 Å². The zero-order valence-electron chi connectivity index (χ0n) is 18.2. The number of nitro groups is 1. The van der Waals surface area contributed by atoms with Gasteiger partial charge in [0.25, 0.3) is 5.69 Å². The van der Waals surface area contributed by atoms with E-state index in [-0.39, 0.29) is 28.3 Å². The number of rotatable bonds is 6. The summed E-state index contributed by atoms with van der Waals surface area (Å²) < 4.78 is 2.63. The molecule has 2 heterocycles. The van der Waals surface area contributed by atoms with E-state index in [9.17, 15) is 14.9 Å². The Kier molecular flexibility index (Phi) is 6.03. The van der Waals surface area contributed by atoms with Crippen LogP contribution in [0.4, 0.5) is 5.69 Å². The van der Waals surface area contributed by atoms with E-state index in [1.165, 1.54) is 12.3 Å². The van der Waals surface area contributed by atoms with Crippen LogP contribution in [0.1, 0.15) is 16.2 Å². The predicted molar refractivity (Wildman–Crippen MR) is 136 cm³/mol. The van der Waals surface area contributed by atoms with Crippen LogP contribution in [0.15, 0.2) is 108 Å². The van der Waals surface area contributed by atoms with Crippen LogP contribution < -0.4 is 0 Å². The van der Waals surface area contributed by atoms with Gasteiger partial charge < -0.3 is 0 Å². The van der Waals surface area contributed by atoms with Gasteiger partial charge in [0.2, 0.25) is 5.78 Å². The Morgan fingerprint density at radius 3 is 2.23 bits per heavy atom. The number of carbonyl (C=O) groups excluding carboxylic acids is 1. The number of pyridine rings is 1. The zero-order valence-corrected chi connectivity index (χ0v) is 19.8. The predicted octanol–water partition coefficient (Wildman–Crippen LogP) is 6.50. The van der Waals surface area contributed by atoms with E-state index in [0.29, 0.717) is 11.5 Å². The van der Waals surface area contributed by atoms with Crippen molar-refractivity contribution in [2.75, 3.05) is 0 Å². The number of imidazole rings is 1. The molecule has 0 N–H and O–H groups in total. The standard InChI is InChI=1S/C27H17BrN4O3/c28-19-15-13-18(14-16-19)27-30-24(21-10-4-5-12-23(21)32(34)35)25(26(33)22-11-6-7-17-29-22)31(27)20-8-2-1-3-9-20/h1-17H. The highest BCUT2D eigenvalue weighted by atomic mass is 79.9. The first-order valence-corrected chi connectivity index (χ1v) is 11.5. The minimum absolute atomic E-state index is 0.136. The maximum atomic E-state index is 13.9. The van der Waals surface area contributed by atoms with Crippen LogP contribution in [0.25, 0.3) is 28.3 Å². The smallest absolute Gasteiger partial charge is 0.278 e. The summed E-state index contributed by atoms with van der Waals surface area (Å²) in [5, 5.41) is 11.9. The molecular weight excluding hydrogens is 508 g/mol. The Morgan fingerprint density at radius 1 is 0.857 bits per heavy atom. The minimum Gasteiger partial charge on any atom is -0.289 e. The van der Waals surface area contributed by atoms with Gasteiger partial charge in [-0.25, -0.2) is 4.98 Å². The molecule has 0 atom stereocenters. The molecule has 0 aliphatic rings. The Labute approximate surface area is 209 Å². The molecule has 170 valence electrons. The summed E-state index contributed by atoms with van der Waals surface area (Å²) in [4.78, 5) is 34.4. The number of ketones is 1. The first kappa shape index (κ1) is 22.4. The average molecular weight is 525 g/mol. The van der Waals surface area contributed by atoms with Gasteiger partial charge in [-0.05, 0) is 42.5 Å². The summed E-state index contributed by atoms with van der Waals surface area (Å²) in [5.74, 6) is 0.0922. The Morgan fingerprint density at radius 2 is 1.54 bits per heavy atom. The molecule has 8 heteroatoms. The lowest BCUT2D eigenvalue weighted by molar-refractivity contribution is -0.384. The molecule has 5 rings (SSSR count). The van der Waals surface area contributed by atoms with Crippen molar-refractivity contribution in [2.45, 2.75) is 0 Å². The largest absolute Gasteiger partial charge is 0.289 e. The Hall–Kier alpha value is -4.43. The number of halogens is 1. The van der Waals surface area contributed by atoms with Crippen molar-refractivity contribution in [3.63, 3.8) is 0 Å². The van der Waals surface area contributed by atoms with Crippen molar-refractivity contribution in [3.05, 3.63) is 129 Å². The number of nitrogens with zero attached hydrogens (tertiary/aromatic N) is 4. The summed E-state index contributed by atoms with van der Waals surface area (Å²) >= 11 is 3.45. The summed E-state index contributed by atoms with van der Waals surface area (Å²) in [6.45, 7) is 0. The van der Waals surface area contributed by atoms with Crippen molar-refractivity contribution in [1.29, 1.82) is 0 Å². The fourth-order valence-electron chi connectivity index (χ4n) is 3.89. The lowest BCUT2D eigenvalue weighted by Crippen LogP contribution is -2.12. The minimum atomic E-state index is -0.467. The monoisotopic (exact) mass is 524 g/mol. The van der Waals surface area contributed by atoms with E-state index >= 15 is 0 Å². The molecule has 0 spiro atoms. The van der Waals surface area contributed by atoms with E-state index in [1.807, 2.05) is 54.6 Å². The molecule has 0 saturated carbocycles. The number of para-hydroxylation sites is 2. The third-order valence-corrected chi connectivity index (χ3v) is 5.99. The van der Waals surface area contributed by atoms with Crippen LogP contribution >= 0.6 is 15.9 Å². The molecule has 5 aromatic rings. The van der Waals surface area contributed by atoms with Gasteiger partial charge in [-0.1, -0.05) is 64.5 Å². The van der Waals surface area contributed by atoms with E-state index < -0.39 is 10.7 Å². The number of aromatic nitrogens is 3. The number of hydrogen-bond donors (Lipinski definition) is 0. The van der Waals surface area contributed by atoms with E-state index in [2.05, 4.69) is 20.9 Å². The molecule has 0 radical (unpaired) electrons. The zero-order chi connectivity index (χ0) is 24.4. The summed E-state index contributed by atoms with van der Waals surface area (Å²) in [6, 6.07) is 28.2. The van der Waals surface area contributed by atoms with Crippen LogP contribution in [0.2, 0.25) is 0 Å². The average Bonchev–Trinajstić information content (AvgIpc) is 3.30. The molecule has 7 nitrogen and oxygen atoms in total. The normalized spacial score (nSPS) is 10.8. The molecule has 35 heavy (non-hydrogen) atoms. The molecule has 3 aromatic carbocycles. The van der Waals surface area contributed by atoms with Gasteiger partial charge in [-0.2, -0.15) is 0 Å². The van der Waals surface area contributed by atoms with Crippen LogP contribution in [0.3, 0.4) is 0 Å². The molecule has 0 saturated heterocycles. The quantitative estimate of drug-likeness (QED) is 0.143. The van der Waals surface area contributed by atoms with Gasteiger partial charge in [0, 0.05) is 28.0 Å². The summed E-state index contributed by atoms with van der Waals surface area (Å²) in [5.41, 5.74) is 2.19. The highest BCUT2D eigenvalue weighted by molar-refractivity contribution is 9.10. The number of hydrogen-bond acceptors (Lipinski definition) is 5. The van der Waals surface area contributed by atoms with Crippen molar-refractivity contribution < 1.29 is 9.72 Å². The lowest BCUT2D eigenvalue weighted by atomic mass is 10.0. The van der Waals surface area contributed by atoms with Crippen LogP contribution in [0, 0.1) is 10.1 Å². The van der Waals surface area contributed by atoms with Crippen LogP contribution in [-0.2, 0) is 0 Å². The molecule has 0 bridgehead atoms. The highest BCUT2D eigenvalue weighted by Crippen LogP contribution is 2.37. The van der Waals surface area contributed by atoms with Gasteiger partial charge in [0.1, 0.15) is 22.9 Å². The van der Waals surface area contributed by atoms with Crippen molar-refractivity contribution in [2.24, 2.45) is 0 Å². The van der Waals surface area contributed by atoms with E-state index in [1.54, 1.807) is 41.0 Å². The second-order valence-corrected chi connectivity index (χ2v) is 8.54. The summed E-state index contributed by atoms with van der Waals surface area (Å²) in [6.07, 6.45) is 1.54. The molecule has 0 aliphatic carbocycles. The molecule has 0 aliphatic heterocycles. The number of carbonyl (C=O) groups is 1. The topological polar surface area (TPSA) is 90.9 Å². The fourth-order valence-corrected chi connectivity index (χ4v) is 4.15. The van der Waals surface area contributed by atoms with Gasteiger partial charge in [-0.3, -0.25) is 24.5 Å². The molecule has 2 aromatic heterocycles. The molecule has 0 fully saturated rings. The SMILES string of the molecule is O=C(c1ccccn1)c1c(-c2ccccc2[N+](=O)[O-])nc(-c2ccc(Br)cc2)n1-c1ccccc1. The third-order valence-electron chi connectivity index (χ3n) is 5.46. The molecule has 0 amide bonds. The first-order valence-electron chi connectivity index (χ1n) is 10.7.